The van der Waals surface area contributed by atoms with Crippen LogP contribution in [-0.2, 0) is 10.2 Å². The Labute approximate surface area is 105 Å². The van der Waals surface area contributed by atoms with Gasteiger partial charge in [0.25, 0.3) is 0 Å². The number of ether oxygens (including phenoxy) is 1. The molecule has 1 aromatic rings. The zero-order valence-electron chi connectivity index (χ0n) is 9.63. The van der Waals surface area contributed by atoms with Gasteiger partial charge in [-0.2, -0.15) is 0 Å². The predicted molar refractivity (Wildman–Crippen MR) is 69.7 cm³/mol. The van der Waals surface area contributed by atoms with Gasteiger partial charge in [0.1, 0.15) is 0 Å². The maximum Gasteiger partial charge on any atom is 0.0585 e. The first-order valence-electron chi connectivity index (χ1n) is 5.72. The Hall–Kier alpha value is -0.380. The van der Waals surface area contributed by atoms with E-state index >= 15 is 0 Å². The minimum absolute atomic E-state index is 0.216. The second-order valence-electron chi connectivity index (χ2n) is 4.62. The number of halogens is 1. The van der Waals surface area contributed by atoms with Crippen LogP contribution in [-0.4, -0.2) is 19.8 Å². The summed E-state index contributed by atoms with van der Waals surface area (Å²) in [6, 6.07) is 6.49. The Morgan fingerprint density at radius 1 is 1.44 bits per heavy atom. The number of benzene rings is 1. The van der Waals surface area contributed by atoms with Crippen molar-refractivity contribution in [3.05, 3.63) is 33.8 Å². The third-order valence-corrected chi connectivity index (χ3v) is 3.88. The Morgan fingerprint density at radius 2 is 2.19 bits per heavy atom. The minimum Gasteiger partial charge on any atom is -0.379 e. The van der Waals surface area contributed by atoms with Gasteiger partial charge in [-0.3, -0.25) is 0 Å². The zero-order chi connectivity index (χ0) is 11.6. The normalized spacial score (nSPS) is 18.2. The molecule has 0 saturated carbocycles. The first kappa shape index (κ1) is 12.1. The van der Waals surface area contributed by atoms with E-state index in [0.717, 1.165) is 37.1 Å². The maximum atomic E-state index is 5.61. The summed E-state index contributed by atoms with van der Waals surface area (Å²) in [6.45, 7) is 4.60. The van der Waals surface area contributed by atoms with Crippen LogP contribution in [0.5, 0.6) is 0 Å². The molecule has 1 aliphatic rings. The van der Waals surface area contributed by atoms with Gasteiger partial charge in [0, 0.05) is 9.89 Å². The molecule has 0 amide bonds. The minimum atomic E-state index is 0.216. The highest BCUT2D eigenvalue weighted by Crippen LogP contribution is 2.39. The van der Waals surface area contributed by atoms with Crippen LogP contribution >= 0.6 is 15.9 Å². The lowest BCUT2D eigenvalue weighted by atomic mass is 9.73. The van der Waals surface area contributed by atoms with E-state index in [-0.39, 0.29) is 5.41 Å². The molecule has 2 rings (SSSR count). The smallest absolute Gasteiger partial charge is 0.0585 e. The monoisotopic (exact) mass is 283 g/mol. The lowest BCUT2D eigenvalue weighted by molar-refractivity contribution is -0.0652. The number of hydrogen-bond donors (Lipinski definition) is 1. The Morgan fingerprint density at radius 3 is 2.75 bits per heavy atom. The van der Waals surface area contributed by atoms with Gasteiger partial charge in [-0.1, -0.05) is 22.0 Å². The third-order valence-electron chi connectivity index (χ3n) is 3.39. The fraction of sp³-hybridized carbons (Fsp3) is 0.538. The molecule has 1 aromatic carbocycles. The van der Waals surface area contributed by atoms with Crippen LogP contribution in [0.3, 0.4) is 0 Å². The zero-order valence-corrected chi connectivity index (χ0v) is 11.2. The summed E-state index contributed by atoms with van der Waals surface area (Å²) in [7, 11) is 0. The van der Waals surface area contributed by atoms with Crippen LogP contribution in [0.2, 0.25) is 0 Å². The number of nitrogens with two attached hydrogens (primary N) is 1. The van der Waals surface area contributed by atoms with Crippen molar-refractivity contribution in [2.75, 3.05) is 19.8 Å². The lowest BCUT2D eigenvalue weighted by Crippen LogP contribution is -2.47. The molecule has 1 fully saturated rings. The standard InChI is InChI=1S/C13H18BrNO/c1-10-3-4-11(14)7-12(10)13(5-2-6-15)8-16-9-13/h3-4,7H,2,5-6,8-9,15H2,1H3. The van der Waals surface area contributed by atoms with Crippen molar-refractivity contribution in [1.29, 1.82) is 0 Å². The van der Waals surface area contributed by atoms with E-state index in [9.17, 15) is 0 Å². The van der Waals surface area contributed by atoms with Gasteiger partial charge in [-0.25, -0.2) is 0 Å². The van der Waals surface area contributed by atoms with Crippen LogP contribution in [0.4, 0.5) is 0 Å². The van der Waals surface area contributed by atoms with E-state index in [0.29, 0.717) is 0 Å². The third kappa shape index (κ3) is 2.17. The SMILES string of the molecule is Cc1ccc(Br)cc1C1(CCCN)COC1. The summed E-state index contributed by atoms with van der Waals surface area (Å²) in [5.41, 5.74) is 8.59. The van der Waals surface area contributed by atoms with Crippen molar-refractivity contribution in [2.45, 2.75) is 25.2 Å². The summed E-state index contributed by atoms with van der Waals surface area (Å²) in [5, 5.41) is 0. The first-order valence-corrected chi connectivity index (χ1v) is 6.52. The maximum absolute atomic E-state index is 5.61. The highest BCUT2D eigenvalue weighted by atomic mass is 79.9. The molecule has 88 valence electrons. The molecule has 1 aliphatic heterocycles. The average Bonchev–Trinajstić information content (AvgIpc) is 2.21. The van der Waals surface area contributed by atoms with Gasteiger partial charge in [-0.05, 0) is 49.6 Å². The first-order chi connectivity index (χ1) is 7.68. The van der Waals surface area contributed by atoms with Gasteiger partial charge in [0.15, 0.2) is 0 Å². The molecule has 0 aliphatic carbocycles. The van der Waals surface area contributed by atoms with Crippen LogP contribution in [0, 0.1) is 6.92 Å². The second-order valence-corrected chi connectivity index (χ2v) is 5.54. The Kier molecular flexibility index (Phi) is 3.67. The molecule has 16 heavy (non-hydrogen) atoms. The van der Waals surface area contributed by atoms with Crippen LogP contribution in [0.15, 0.2) is 22.7 Å². The topological polar surface area (TPSA) is 35.2 Å². The number of hydrogen-bond acceptors (Lipinski definition) is 2. The van der Waals surface area contributed by atoms with Gasteiger partial charge >= 0.3 is 0 Å². The lowest BCUT2D eigenvalue weighted by Gasteiger charge is -2.43. The van der Waals surface area contributed by atoms with Crippen LogP contribution in [0.1, 0.15) is 24.0 Å². The number of rotatable bonds is 4. The fourth-order valence-corrected chi connectivity index (χ4v) is 2.75. The van der Waals surface area contributed by atoms with E-state index in [1.54, 1.807) is 0 Å². The van der Waals surface area contributed by atoms with Gasteiger partial charge < -0.3 is 10.5 Å². The van der Waals surface area contributed by atoms with Crippen LogP contribution in [0.25, 0.3) is 0 Å². The molecule has 1 saturated heterocycles. The average molecular weight is 284 g/mol. The molecule has 1 heterocycles. The Balaban J connectivity index is 2.28. The highest BCUT2D eigenvalue weighted by molar-refractivity contribution is 9.10. The van der Waals surface area contributed by atoms with Crippen molar-refractivity contribution in [3.8, 4) is 0 Å². The van der Waals surface area contributed by atoms with E-state index < -0.39 is 0 Å². The molecule has 2 N–H and O–H groups in total. The molecule has 0 aromatic heterocycles. The molecule has 3 heteroatoms. The molecule has 0 bridgehead atoms. The summed E-state index contributed by atoms with van der Waals surface area (Å²) >= 11 is 3.54. The van der Waals surface area contributed by atoms with Gasteiger partial charge in [0.2, 0.25) is 0 Å². The fourth-order valence-electron chi connectivity index (χ4n) is 2.39. The molecule has 0 spiro atoms. The largest absolute Gasteiger partial charge is 0.379 e. The summed E-state index contributed by atoms with van der Waals surface area (Å²) in [4.78, 5) is 0. The predicted octanol–water partition coefficient (Wildman–Crippen LogP) is 2.76. The number of aryl methyl sites for hydroxylation is 1. The van der Waals surface area contributed by atoms with Crippen molar-refractivity contribution in [2.24, 2.45) is 5.73 Å². The molecule has 0 unspecified atom stereocenters. The quantitative estimate of drug-likeness (QED) is 0.922. The molecular weight excluding hydrogens is 266 g/mol. The van der Waals surface area contributed by atoms with Crippen LogP contribution < -0.4 is 5.73 Å². The molecule has 2 nitrogen and oxygen atoms in total. The van der Waals surface area contributed by atoms with Crippen molar-refractivity contribution >= 4 is 15.9 Å². The second kappa shape index (κ2) is 4.86. The van der Waals surface area contributed by atoms with E-state index in [4.69, 9.17) is 10.5 Å². The van der Waals surface area contributed by atoms with Crippen molar-refractivity contribution in [1.82, 2.24) is 0 Å². The van der Waals surface area contributed by atoms with E-state index in [1.807, 2.05) is 0 Å². The van der Waals surface area contributed by atoms with Gasteiger partial charge in [-0.15, -0.1) is 0 Å². The molecular formula is C13H18BrNO. The van der Waals surface area contributed by atoms with E-state index in [1.165, 1.54) is 11.1 Å². The summed E-state index contributed by atoms with van der Waals surface area (Å²) in [6.07, 6.45) is 2.19. The van der Waals surface area contributed by atoms with E-state index in [2.05, 4.69) is 41.1 Å². The molecule has 0 atom stereocenters. The van der Waals surface area contributed by atoms with Gasteiger partial charge in [0.05, 0.1) is 13.2 Å². The summed E-state index contributed by atoms with van der Waals surface area (Å²) < 4.78 is 6.57. The highest BCUT2D eigenvalue weighted by Gasteiger charge is 2.40. The van der Waals surface area contributed by atoms with Crippen molar-refractivity contribution in [3.63, 3.8) is 0 Å². The molecule has 0 radical (unpaired) electrons. The van der Waals surface area contributed by atoms with Crippen molar-refractivity contribution < 1.29 is 4.74 Å². The Bertz CT molecular complexity index is 374. The summed E-state index contributed by atoms with van der Waals surface area (Å²) in [5.74, 6) is 0.